The van der Waals surface area contributed by atoms with Crippen LogP contribution in [0.5, 0.6) is 0 Å². The van der Waals surface area contributed by atoms with Crippen LogP contribution in [0, 0.1) is 6.92 Å². The van der Waals surface area contributed by atoms with Crippen LogP contribution in [0.3, 0.4) is 0 Å². The van der Waals surface area contributed by atoms with Crippen LogP contribution in [-0.4, -0.2) is 54.0 Å². The molecule has 2 rings (SSSR count). The number of fused-ring (bicyclic) bond motifs is 1. The maximum atomic E-state index is 12.8. The zero-order valence-electron chi connectivity index (χ0n) is 14.6. The predicted molar refractivity (Wildman–Crippen MR) is 97.6 cm³/mol. The van der Waals surface area contributed by atoms with E-state index in [0.717, 1.165) is 4.57 Å². The van der Waals surface area contributed by atoms with Crippen LogP contribution >= 0.6 is 11.3 Å². The highest BCUT2D eigenvalue weighted by Crippen LogP contribution is 2.26. The number of hydrogen-bond donors (Lipinski definition) is 2. The molecule has 1 amide bonds. The predicted octanol–water partition coefficient (Wildman–Crippen LogP) is 0.427. The van der Waals surface area contributed by atoms with Crippen molar-refractivity contribution in [3.05, 3.63) is 31.3 Å². The van der Waals surface area contributed by atoms with Gasteiger partial charge in [0.25, 0.3) is 5.56 Å². The maximum Gasteiger partial charge on any atom is 0.425 e. The summed E-state index contributed by atoms with van der Waals surface area (Å²) in [6.07, 6.45) is 0.0250. The third-order valence-corrected chi connectivity index (χ3v) is 4.96. The lowest BCUT2D eigenvalue weighted by Crippen LogP contribution is -2.41. The van der Waals surface area contributed by atoms with E-state index in [-0.39, 0.29) is 19.7 Å². The molecule has 10 nitrogen and oxygen atoms in total. The number of aryl methyl sites for hydroxylation is 1. The number of thiophene rings is 1. The summed E-state index contributed by atoms with van der Waals surface area (Å²) in [5, 5.41) is 12.6. The van der Waals surface area contributed by atoms with Gasteiger partial charge in [-0.1, -0.05) is 0 Å². The number of carbonyl (C=O) groups is 1. The third-order valence-electron chi connectivity index (χ3n) is 3.71. The Labute approximate surface area is 152 Å². The zero-order chi connectivity index (χ0) is 19.3. The molecule has 0 bridgehead atoms. The molecule has 0 fully saturated rings. The van der Waals surface area contributed by atoms with Crippen molar-refractivity contribution in [1.82, 2.24) is 14.6 Å². The Morgan fingerprint density at radius 1 is 1.23 bits per heavy atom. The van der Waals surface area contributed by atoms with Crippen LogP contribution in [0.15, 0.2) is 14.7 Å². The van der Waals surface area contributed by atoms with Crippen LogP contribution in [0.1, 0.15) is 10.4 Å². The van der Waals surface area contributed by atoms with Crippen LogP contribution < -0.4 is 16.7 Å². The maximum absolute atomic E-state index is 12.8. The Hall–Kier alpha value is -2.50. The molecule has 2 aromatic heterocycles. The standard InChI is InChI=1S/C15H20N4O6S/c1-9-10(8-16-17-14(21)22)26-13-11(9)12(20)18(4-6-24-2)15(23)19(13)5-7-25-3/h8,17H,4-7H2,1-3H3,(H,21,22)/b16-8+. The molecule has 0 atom stereocenters. The van der Waals surface area contributed by atoms with Crippen LogP contribution in [-0.2, 0) is 22.6 Å². The monoisotopic (exact) mass is 384 g/mol. The molecule has 0 spiro atoms. The van der Waals surface area contributed by atoms with Crippen molar-refractivity contribution in [3.8, 4) is 0 Å². The summed E-state index contributed by atoms with van der Waals surface area (Å²) >= 11 is 1.19. The lowest BCUT2D eigenvalue weighted by molar-refractivity contribution is 0.179. The number of hydrogen-bond acceptors (Lipinski definition) is 7. The number of rotatable bonds is 8. The smallest absolute Gasteiger partial charge is 0.425 e. The average Bonchev–Trinajstić information content (AvgIpc) is 2.91. The highest BCUT2D eigenvalue weighted by molar-refractivity contribution is 7.20. The molecule has 0 saturated heterocycles. The molecule has 26 heavy (non-hydrogen) atoms. The summed E-state index contributed by atoms with van der Waals surface area (Å²) in [4.78, 5) is 37.2. The van der Waals surface area contributed by atoms with E-state index in [2.05, 4.69) is 5.10 Å². The minimum atomic E-state index is -1.29. The van der Waals surface area contributed by atoms with Gasteiger partial charge in [0.15, 0.2) is 0 Å². The van der Waals surface area contributed by atoms with E-state index >= 15 is 0 Å². The van der Waals surface area contributed by atoms with Gasteiger partial charge in [0.1, 0.15) is 4.83 Å². The van der Waals surface area contributed by atoms with E-state index < -0.39 is 17.3 Å². The Balaban J connectivity index is 2.68. The Kier molecular flexibility index (Phi) is 6.66. The molecule has 2 aromatic rings. The van der Waals surface area contributed by atoms with Crippen molar-refractivity contribution in [3.63, 3.8) is 0 Å². The molecule has 0 aliphatic heterocycles. The van der Waals surface area contributed by atoms with Gasteiger partial charge in [0, 0.05) is 14.2 Å². The van der Waals surface area contributed by atoms with Crippen LogP contribution in [0.4, 0.5) is 4.79 Å². The summed E-state index contributed by atoms with van der Waals surface area (Å²) in [6, 6.07) is 0. The lowest BCUT2D eigenvalue weighted by atomic mass is 10.2. The number of carboxylic acid groups (broad SMARTS) is 1. The van der Waals surface area contributed by atoms with Gasteiger partial charge in [-0.25, -0.2) is 15.0 Å². The fourth-order valence-electron chi connectivity index (χ4n) is 2.44. The molecule has 0 saturated carbocycles. The summed E-state index contributed by atoms with van der Waals surface area (Å²) in [5.74, 6) is 0. The number of nitrogens with zero attached hydrogens (tertiary/aromatic N) is 3. The number of methoxy groups -OCH3 is 2. The molecule has 0 radical (unpaired) electrons. The molecule has 142 valence electrons. The molecule has 0 aliphatic carbocycles. The van der Waals surface area contributed by atoms with Crippen molar-refractivity contribution in [2.45, 2.75) is 20.0 Å². The minimum absolute atomic E-state index is 0.135. The van der Waals surface area contributed by atoms with Gasteiger partial charge in [-0.2, -0.15) is 5.10 Å². The number of hydrazone groups is 1. The van der Waals surface area contributed by atoms with Gasteiger partial charge >= 0.3 is 11.8 Å². The van der Waals surface area contributed by atoms with Gasteiger partial charge in [-0.3, -0.25) is 13.9 Å². The van der Waals surface area contributed by atoms with Gasteiger partial charge in [-0.15, -0.1) is 11.3 Å². The highest BCUT2D eigenvalue weighted by Gasteiger charge is 2.19. The molecule has 11 heteroatoms. The van der Waals surface area contributed by atoms with E-state index in [4.69, 9.17) is 14.6 Å². The quantitative estimate of drug-likeness (QED) is 0.502. The van der Waals surface area contributed by atoms with Crippen molar-refractivity contribution >= 4 is 33.9 Å². The molecule has 2 N–H and O–H groups in total. The first kappa shape index (κ1) is 19.8. The van der Waals surface area contributed by atoms with Gasteiger partial charge < -0.3 is 14.6 Å². The fraction of sp³-hybridized carbons (Fsp3) is 0.467. The van der Waals surface area contributed by atoms with Gasteiger partial charge in [-0.05, 0) is 12.5 Å². The molecule has 0 unspecified atom stereocenters. The fourth-order valence-corrected chi connectivity index (χ4v) is 3.63. The Morgan fingerprint density at radius 3 is 2.42 bits per heavy atom. The molecule has 2 heterocycles. The molecular formula is C15H20N4O6S. The lowest BCUT2D eigenvalue weighted by Gasteiger charge is -2.11. The van der Waals surface area contributed by atoms with Crippen LogP contribution in [0.25, 0.3) is 10.2 Å². The first-order valence-corrected chi connectivity index (χ1v) is 8.50. The molecular weight excluding hydrogens is 364 g/mol. The number of nitrogens with one attached hydrogen (secondary N) is 1. The van der Waals surface area contributed by atoms with Gasteiger partial charge in [0.2, 0.25) is 0 Å². The first-order valence-electron chi connectivity index (χ1n) is 7.69. The Bertz CT molecular complexity index is 942. The largest absolute Gasteiger partial charge is 0.464 e. The van der Waals surface area contributed by atoms with Crippen molar-refractivity contribution in [2.75, 3.05) is 27.4 Å². The summed E-state index contributed by atoms with van der Waals surface area (Å²) in [6.45, 7) is 2.68. The summed E-state index contributed by atoms with van der Waals surface area (Å²) in [7, 11) is 3.02. The zero-order valence-corrected chi connectivity index (χ0v) is 15.5. The summed E-state index contributed by atoms with van der Waals surface area (Å²) in [5.41, 5.74) is 1.67. The average molecular weight is 384 g/mol. The second kappa shape index (κ2) is 8.74. The number of aromatic nitrogens is 2. The number of ether oxygens (including phenoxy) is 2. The SMILES string of the molecule is COCCn1c(=O)c2c(C)c(/C=N/NC(=O)O)sc2n(CCOC)c1=O. The van der Waals surface area contributed by atoms with Crippen LogP contribution in [0.2, 0.25) is 0 Å². The highest BCUT2D eigenvalue weighted by atomic mass is 32.1. The molecule has 0 aromatic carbocycles. The van der Waals surface area contributed by atoms with E-state index in [1.54, 1.807) is 6.92 Å². The van der Waals surface area contributed by atoms with Gasteiger partial charge in [0.05, 0.1) is 42.8 Å². The first-order chi connectivity index (χ1) is 12.4. The normalized spacial score (nSPS) is 11.5. The topological polar surface area (TPSA) is 124 Å². The Morgan fingerprint density at radius 2 is 1.85 bits per heavy atom. The minimum Gasteiger partial charge on any atom is -0.464 e. The van der Waals surface area contributed by atoms with E-state index in [1.165, 1.54) is 36.3 Å². The number of amides is 1. The van der Waals surface area contributed by atoms with Crippen molar-refractivity contribution in [2.24, 2.45) is 5.10 Å². The molecule has 0 aliphatic rings. The van der Waals surface area contributed by atoms with Crippen molar-refractivity contribution < 1.29 is 19.4 Å². The second-order valence-electron chi connectivity index (χ2n) is 5.32. The van der Waals surface area contributed by atoms with Crippen molar-refractivity contribution in [1.29, 1.82) is 0 Å². The summed E-state index contributed by atoms with van der Waals surface area (Å²) < 4.78 is 12.7. The van der Waals surface area contributed by atoms with E-state index in [0.29, 0.717) is 27.3 Å². The van der Waals surface area contributed by atoms with E-state index in [9.17, 15) is 14.4 Å². The third kappa shape index (κ3) is 4.00. The van der Waals surface area contributed by atoms with E-state index in [1.807, 2.05) is 5.43 Å². The second-order valence-corrected chi connectivity index (χ2v) is 6.35.